The Labute approximate surface area is 129 Å². The summed E-state index contributed by atoms with van der Waals surface area (Å²) >= 11 is 0. The molecule has 0 saturated carbocycles. The van der Waals surface area contributed by atoms with Crippen LogP contribution in [0.3, 0.4) is 0 Å². The highest BCUT2D eigenvalue weighted by atomic mass is 19.4. The highest BCUT2D eigenvalue weighted by molar-refractivity contribution is 5.50. The zero-order chi connectivity index (χ0) is 16.7. The van der Waals surface area contributed by atoms with Crippen LogP contribution in [0.5, 0.6) is 11.5 Å². The Balaban J connectivity index is 1.96. The number of nitrogens with zero attached hydrogens (tertiary/aromatic N) is 1. The molecule has 0 amide bonds. The van der Waals surface area contributed by atoms with E-state index in [2.05, 4.69) is 14.8 Å². The fraction of sp³-hybridized carbons (Fsp3) is 0.571. The van der Waals surface area contributed by atoms with Crippen molar-refractivity contribution in [3.63, 3.8) is 0 Å². The van der Waals surface area contributed by atoms with E-state index in [1.807, 2.05) is 0 Å². The number of fused-ring (bicyclic) bond motifs is 1. The third-order valence-electron chi connectivity index (χ3n) is 3.84. The maximum Gasteiger partial charge on any atom is 0.586 e. The number of nitrogens with one attached hydrogen (secondary N) is 1. The lowest BCUT2D eigenvalue weighted by Crippen LogP contribution is -2.46. The van der Waals surface area contributed by atoms with E-state index in [0.717, 1.165) is 0 Å². The van der Waals surface area contributed by atoms with Crippen LogP contribution in [0.4, 0.5) is 22.0 Å². The zero-order valence-electron chi connectivity index (χ0n) is 12.0. The molecule has 1 fully saturated rings. The maximum atomic E-state index is 13.3. The van der Waals surface area contributed by atoms with Crippen LogP contribution in [-0.4, -0.2) is 43.5 Å². The molecule has 3 rings (SSSR count). The second-order valence-corrected chi connectivity index (χ2v) is 5.46. The number of rotatable bonds is 3. The lowest BCUT2D eigenvalue weighted by molar-refractivity contribution is -0.287. The predicted octanol–water partition coefficient (Wildman–Crippen LogP) is 2.91. The molecule has 128 valence electrons. The molecule has 9 heteroatoms. The van der Waals surface area contributed by atoms with Gasteiger partial charge in [0, 0.05) is 37.8 Å². The third-order valence-corrected chi connectivity index (χ3v) is 3.84. The molecule has 2 aliphatic heterocycles. The zero-order valence-corrected chi connectivity index (χ0v) is 12.0. The summed E-state index contributed by atoms with van der Waals surface area (Å²) in [5.41, 5.74) is 0.0684. The van der Waals surface area contributed by atoms with Crippen molar-refractivity contribution in [1.82, 2.24) is 10.2 Å². The van der Waals surface area contributed by atoms with Gasteiger partial charge in [0.2, 0.25) is 0 Å². The minimum atomic E-state index is -4.43. The van der Waals surface area contributed by atoms with Gasteiger partial charge in [-0.05, 0) is 6.07 Å². The lowest BCUT2D eigenvalue weighted by Gasteiger charge is -2.35. The van der Waals surface area contributed by atoms with Gasteiger partial charge >= 0.3 is 12.5 Å². The molecule has 0 bridgehead atoms. The van der Waals surface area contributed by atoms with Crippen molar-refractivity contribution in [3.8, 4) is 11.5 Å². The van der Waals surface area contributed by atoms with Gasteiger partial charge in [-0.25, -0.2) is 0 Å². The van der Waals surface area contributed by atoms with E-state index in [-0.39, 0.29) is 17.1 Å². The first-order valence-electron chi connectivity index (χ1n) is 7.15. The number of benzene rings is 1. The third kappa shape index (κ3) is 3.66. The molecule has 1 aromatic rings. The van der Waals surface area contributed by atoms with E-state index >= 15 is 0 Å². The molecular weight excluding hydrogens is 323 g/mol. The van der Waals surface area contributed by atoms with Crippen molar-refractivity contribution in [3.05, 3.63) is 23.8 Å². The van der Waals surface area contributed by atoms with Gasteiger partial charge in [0.15, 0.2) is 11.5 Å². The van der Waals surface area contributed by atoms with Gasteiger partial charge in [0.25, 0.3) is 0 Å². The SMILES string of the molecule is FC(F)(F)C[C@@H](c1cccc2c1OC(F)(F)O2)N1CCNCC1. The van der Waals surface area contributed by atoms with Crippen LogP contribution >= 0.6 is 0 Å². The quantitative estimate of drug-likeness (QED) is 0.860. The van der Waals surface area contributed by atoms with E-state index in [0.29, 0.717) is 26.2 Å². The molecule has 0 radical (unpaired) electrons. The van der Waals surface area contributed by atoms with Gasteiger partial charge in [-0.1, -0.05) is 12.1 Å². The second-order valence-electron chi connectivity index (χ2n) is 5.46. The van der Waals surface area contributed by atoms with E-state index < -0.39 is 24.9 Å². The summed E-state index contributed by atoms with van der Waals surface area (Å²) < 4.78 is 74.3. The monoisotopic (exact) mass is 338 g/mol. The highest BCUT2D eigenvalue weighted by Crippen LogP contribution is 2.48. The average Bonchev–Trinajstić information content (AvgIpc) is 2.78. The summed E-state index contributed by atoms with van der Waals surface area (Å²) in [6.07, 6.45) is -9.43. The summed E-state index contributed by atoms with van der Waals surface area (Å²) in [7, 11) is 0. The Kier molecular flexibility index (Phi) is 4.09. The van der Waals surface area contributed by atoms with Gasteiger partial charge in [0.05, 0.1) is 6.42 Å². The van der Waals surface area contributed by atoms with Crippen molar-refractivity contribution >= 4 is 0 Å². The number of ether oxygens (including phenoxy) is 2. The largest absolute Gasteiger partial charge is 0.586 e. The topological polar surface area (TPSA) is 33.7 Å². The fourth-order valence-electron chi connectivity index (χ4n) is 2.90. The fourth-order valence-corrected chi connectivity index (χ4v) is 2.90. The number of piperazine rings is 1. The van der Waals surface area contributed by atoms with Crippen LogP contribution in [0.1, 0.15) is 18.0 Å². The van der Waals surface area contributed by atoms with Crippen molar-refractivity contribution in [1.29, 1.82) is 0 Å². The normalized spacial score (nSPS) is 22.1. The molecule has 1 N–H and O–H groups in total. The Hall–Kier alpha value is -1.61. The summed E-state index contributed by atoms with van der Waals surface area (Å²) in [6.45, 7) is 1.86. The smallest absolute Gasteiger partial charge is 0.395 e. The van der Waals surface area contributed by atoms with E-state index in [9.17, 15) is 22.0 Å². The van der Waals surface area contributed by atoms with Crippen LogP contribution in [0, 0.1) is 0 Å². The molecule has 4 nitrogen and oxygen atoms in total. The van der Waals surface area contributed by atoms with E-state index in [4.69, 9.17) is 0 Å². The van der Waals surface area contributed by atoms with Gasteiger partial charge in [0.1, 0.15) is 0 Å². The second kappa shape index (κ2) is 5.79. The predicted molar refractivity (Wildman–Crippen MR) is 70.5 cm³/mol. The molecule has 0 aromatic heterocycles. The first kappa shape index (κ1) is 16.3. The van der Waals surface area contributed by atoms with Gasteiger partial charge < -0.3 is 14.8 Å². The maximum absolute atomic E-state index is 13.3. The lowest BCUT2D eigenvalue weighted by atomic mass is 9.99. The standard InChI is InChI=1S/C14H15F5N2O2/c15-13(16,17)8-10(21-6-4-20-5-7-21)9-2-1-3-11-12(9)23-14(18,19)22-11/h1-3,10,20H,4-8H2/t10-/m0/s1. The first-order valence-corrected chi connectivity index (χ1v) is 7.15. The molecular formula is C14H15F5N2O2. The molecule has 23 heavy (non-hydrogen) atoms. The summed E-state index contributed by atoms with van der Waals surface area (Å²) in [5, 5.41) is 3.05. The molecule has 0 unspecified atom stereocenters. The van der Waals surface area contributed by atoms with Crippen molar-refractivity contribution in [2.75, 3.05) is 26.2 Å². The summed E-state index contributed by atoms with van der Waals surface area (Å²) in [6, 6.07) is 2.93. The van der Waals surface area contributed by atoms with Crippen LogP contribution in [-0.2, 0) is 0 Å². The number of halogens is 5. The average molecular weight is 338 g/mol. The number of para-hydroxylation sites is 1. The summed E-state index contributed by atoms with van der Waals surface area (Å²) in [4.78, 5) is 1.62. The van der Waals surface area contributed by atoms with Crippen LogP contribution < -0.4 is 14.8 Å². The van der Waals surface area contributed by atoms with E-state index in [1.54, 1.807) is 4.90 Å². The Morgan fingerprint density at radius 3 is 2.52 bits per heavy atom. The van der Waals surface area contributed by atoms with Gasteiger partial charge in [-0.15, -0.1) is 8.78 Å². The Bertz CT molecular complexity index is 573. The van der Waals surface area contributed by atoms with E-state index in [1.165, 1.54) is 18.2 Å². The minimum Gasteiger partial charge on any atom is -0.395 e. The van der Waals surface area contributed by atoms with Crippen molar-refractivity contribution < 1.29 is 31.4 Å². The molecule has 1 aromatic carbocycles. The number of hydrogen-bond donors (Lipinski definition) is 1. The van der Waals surface area contributed by atoms with Crippen LogP contribution in [0.2, 0.25) is 0 Å². The molecule has 1 atom stereocenters. The first-order chi connectivity index (χ1) is 10.8. The van der Waals surface area contributed by atoms with Crippen molar-refractivity contribution in [2.45, 2.75) is 24.9 Å². The molecule has 0 aliphatic carbocycles. The number of alkyl halides is 5. The Morgan fingerprint density at radius 2 is 1.87 bits per heavy atom. The molecule has 1 saturated heterocycles. The minimum absolute atomic E-state index is 0.0684. The van der Waals surface area contributed by atoms with Gasteiger partial charge in [-0.3, -0.25) is 4.90 Å². The number of hydrogen-bond acceptors (Lipinski definition) is 4. The highest BCUT2D eigenvalue weighted by Gasteiger charge is 2.46. The molecule has 2 heterocycles. The summed E-state index contributed by atoms with van der Waals surface area (Å²) in [5.74, 6) is -0.555. The van der Waals surface area contributed by atoms with Crippen molar-refractivity contribution in [2.24, 2.45) is 0 Å². The molecule has 0 spiro atoms. The van der Waals surface area contributed by atoms with Crippen LogP contribution in [0.15, 0.2) is 18.2 Å². The van der Waals surface area contributed by atoms with Crippen LogP contribution in [0.25, 0.3) is 0 Å². The Morgan fingerprint density at radius 1 is 1.17 bits per heavy atom. The van der Waals surface area contributed by atoms with Gasteiger partial charge in [-0.2, -0.15) is 13.2 Å². The molecule has 2 aliphatic rings.